The summed E-state index contributed by atoms with van der Waals surface area (Å²) in [5.74, 6) is 2.92. The highest BCUT2D eigenvalue weighted by Gasteiger charge is 2.52. The van der Waals surface area contributed by atoms with Gasteiger partial charge in [0.1, 0.15) is 0 Å². The quantitative estimate of drug-likeness (QED) is 0.388. The average molecular weight is 560 g/mol. The van der Waals surface area contributed by atoms with E-state index in [9.17, 15) is 0 Å². The minimum Gasteiger partial charge on any atom is -0.300 e. The summed E-state index contributed by atoms with van der Waals surface area (Å²) in [5, 5.41) is 0. The van der Waals surface area contributed by atoms with Crippen molar-refractivity contribution in [2.45, 2.75) is 157 Å². The molecule has 5 heteroatoms. The number of piperidine rings is 2. The molecule has 6 aliphatic heterocycles. The fourth-order valence-corrected chi connectivity index (χ4v) is 9.20. The van der Waals surface area contributed by atoms with Crippen molar-refractivity contribution in [3.8, 4) is 0 Å². The van der Waals surface area contributed by atoms with E-state index in [1.165, 1.54) is 71.5 Å². The van der Waals surface area contributed by atoms with Crippen LogP contribution in [-0.2, 0) is 0 Å². The second-order valence-electron chi connectivity index (χ2n) is 16.5. The zero-order valence-electron chi connectivity index (χ0n) is 28.9. The van der Waals surface area contributed by atoms with E-state index >= 15 is 0 Å². The molecule has 0 N–H and O–H groups in total. The van der Waals surface area contributed by atoms with Crippen LogP contribution < -0.4 is 0 Å². The van der Waals surface area contributed by atoms with Crippen LogP contribution in [0.25, 0.3) is 0 Å². The Morgan fingerprint density at radius 1 is 0.475 bits per heavy atom. The largest absolute Gasteiger partial charge is 0.300 e. The molecule has 6 heterocycles. The molecule has 40 heavy (non-hydrogen) atoms. The van der Waals surface area contributed by atoms with Gasteiger partial charge in [-0.25, -0.2) is 0 Å². The molecule has 6 saturated heterocycles. The molecule has 7 rings (SSSR count). The van der Waals surface area contributed by atoms with Gasteiger partial charge in [-0.15, -0.1) is 0 Å². The molecule has 5 nitrogen and oxygen atoms in total. The summed E-state index contributed by atoms with van der Waals surface area (Å²) in [7, 11) is 0. The van der Waals surface area contributed by atoms with E-state index in [0.29, 0.717) is 5.41 Å². The first-order valence-electron chi connectivity index (χ1n) is 17.5. The number of rotatable bonds is 6. The Kier molecular flexibility index (Phi) is 10.8. The fourth-order valence-electron chi connectivity index (χ4n) is 9.20. The van der Waals surface area contributed by atoms with Crippen LogP contribution >= 0.6 is 0 Å². The smallest absolute Gasteiger partial charge is 0.0242 e. The van der Waals surface area contributed by atoms with E-state index in [0.717, 1.165) is 66.1 Å². The predicted molar refractivity (Wildman–Crippen MR) is 173 cm³/mol. The van der Waals surface area contributed by atoms with Gasteiger partial charge in [0.15, 0.2) is 0 Å². The Bertz CT molecular complexity index is 711. The van der Waals surface area contributed by atoms with Crippen molar-refractivity contribution < 1.29 is 0 Å². The molecule has 0 aromatic rings. The van der Waals surface area contributed by atoms with Crippen LogP contribution in [0.15, 0.2) is 0 Å². The van der Waals surface area contributed by atoms with Gasteiger partial charge < -0.3 is 0 Å². The van der Waals surface area contributed by atoms with Gasteiger partial charge in [-0.3, -0.25) is 24.5 Å². The van der Waals surface area contributed by atoms with Crippen molar-refractivity contribution in [2.24, 2.45) is 23.2 Å². The van der Waals surface area contributed by atoms with E-state index < -0.39 is 0 Å². The Morgan fingerprint density at radius 3 is 1.20 bits per heavy atom. The second-order valence-corrected chi connectivity index (χ2v) is 16.5. The van der Waals surface area contributed by atoms with Crippen molar-refractivity contribution in [1.82, 2.24) is 24.5 Å². The topological polar surface area (TPSA) is 16.2 Å². The summed E-state index contributed by atoms with van der Waals surface area (Å²) in [5.41, 5.74) is 0.703. The lowest BCUT2D eigenvalue weighted by molar-refractivity contribution is -0.135. The van der Waals surface area contributed by atoms with Crippen LogP contribution in [0.2, 0.25) is 0 Å². The Balaban J connectivity index is 0.000000139. The van der Waals surface area contributed by atoms with E-state index in [4.69, 9.17) is 0 Å². The number of likely N-dealkylation sites (tertiary alicyclic amines) is 4. The summed E-state index contributed by atoms with van der Waals surface area (Å²) in [4.78, 5) is 13.2. The molecule has 0 radical (unpaired) electrons. The summed E-state index contributed by atoms with van der Waals surface area (Å²) in [6, 6.07) is 6.36. The first-order valence-corrected chi connectivity index (χ1v) is 17.5. The highest BCUT2D eigenvalue weighted by Crippen LogP contribution is 2.43. The third-order valence-corrected chi connectivity index (χ3v) is 11.7. The van der Waals surface area contributed by atoms with Crippen molar-refractivity contribution in [3.63, 3.8) is 0 Å². The molecular weight excluding hydrogens is 490 g/mol. The van der Waals surface area contributed by atoms with Gasteiger partial charge in [-0.1, -0.05) is 13.8 Å². The molecular formula is C35H69N5. The maximum Gasteiger partial charge on any atom is 0.0242 e. The Labute approximate surface area is 250 Å². The second kappa shape index (κ2) is 13.2. The third kappa shape index (κ3) is 7.12. The van der Waals surface area contributed by atoms with E-state index in [-0.39, 0.29) is 0 Å². The normalized spacial score (nSPS) is 34.2. The number of fused-ring (bicyclic) bond motifs is 5. The van der Waals surface area contributed by atoms with Crippen molar-refractivity contribution in [3.05, 3.63) is 0 Å². The molecule has 7 aliphatic rings. The first-order chi connectivity index (χ1) is 18.7. The Morgan fingerprint density at radius 2 is 0.900 bits per heavy atom. The minimum absolute atomic E-state index is 0.703. The number of hydrogen-bond acceptors (Lipinski definition) is 5. The predicted octanol–water partition coefficient (Wildman–Crippen LogP) is 6.13. The van der Waals surface area contributed by atoms with Crippen molar-refractivity contribution in [1.29, 1.82) is 0 Å². The van der Waals surface area contributed by atoms with E-state index in [1.807, 2.05) is 0 Å². The van der Waals surface area contributed by atoms with Crippen molar-refractivity contribution >= 4 is 0 Å². The highest BCUT2D eigenvalue weighted by atomic mass is 15.4. The zero-order chi connectivity index (χ0) is 29.5. The molecule has 234 valence electrons. The summed E-state index contributed by atoms with van der Waals surface area (Å²) in [6.07, 6.45) is 5.85. The Hall–Kier alpha value is -0.200. The van der Waals surface area contributed by atoms with Gasteiger partial charge >= 0.3 is 0 Å². The summed E-state index contributed by atoms with van der Waals surface area (Å²) >= 11 is 0. The summed E-state index contributed by atoms with van der Waals surface area (Å²) < 4.78 is 0. The maximum atomic E-state index is 2.74. The highest BCUT2D eigenvalue weighted by molar-refractivity contribution is 5.07. The molecule has 1 saturated carbocycles. The fraction of sp³-hybridized carbons (Fsp3) is 1.00. The summed E-state index contributed by atoms with van der Waals surface area (Å²) in [6.45, 7) is 37.3. The van der Waals surface area contributed by atoms with Gasteiger partial charge in [-0.2, -0.15) is 0 Å². The van der Waals surface area contributed by atoms with Crippen LogP contribution in [0.4, 0.5) is 0 Å². The average Bonchev–Trinajstić information content (AvgIpc) is 3.44. The molecule has 0 amide bonds. The van der Waals surface area contributed by atoms with Crippen molar-refractivity contribution in [2.75, 3.05) is 45.8 Å². The zero-order valence-corrected chi connectivity index (χ0v) is 28.9. The molecule has 5 unspecified atom stereocenters. The molecule has 0 aromatic heterocycles. The molecule has 0 aromatic carbocycles. The van der Waals surface area contributed by atoms with Gasteiger partial charge in [0.05, 0.1) is 0 Å². The molecule has 1 aliphatic carbocycles. The minimum atomic E-state index is 0.703. The third-order valence-electron chi connectivity index (χ3n) is 11.7. The lowest BCUT2D eigenvalue weighted by Gasteiger charge is -2.62. The standard InChI is InChI=1S/C13H25N.2C11H22N2/c1-9(2)13-7-12-6-5-11(13)8-14(12)10(3)4;1-9(2)12-5-11(6-12)7-13(8-11)10(3)4;1-8(2)12-6-11-5-10(12)7-13(11)9(3)4/h9-13H,5-8H2,1-4H3;9-10H,5-8H2,1-4H3;8-11H,5-7H2,1-4H3. The van der Waals surface area contributed by atoms with Crippen LogP contribution in [-0.4, -0.2) is 119 Å². The SMILES string of the molecule is CC(C)C1CC2CCC1CN2C(C)C.CC(C)N1CC2(C1)CN(C(C)C)C2.CC(C)N1CC2CC1CN2C(C)C. The molecule has 4 bridgehead atoms. The van der Waals surface area contributed by atoms with Crippen LogP contribution in [0.3, 0.4) is 0 Å². The van der Waals surface area contributed by atoms with Gasteiger partial charge in [0.25, 0.3) is 0 Å². The maximum absolute atomic E-state index is 2.74. The number of nitrogens with zero attached hydrogens (tertiary/aromatic N) is 5. The number of piperazine rings is 1. The molecule has 5 atom stereocenters. The van der Waals surface area contributed by atoms with Gasteiger partial charge in [0.2, 0.25) is 0 Å². The van der Waals surface area contributed by atoms with Crippen LogP contribution in [0.1, 0.15) is 109 Å². The molecule has 1 spiro atoms. The lowest BCUT2D eigenvalue weighted by atomic mass is 9.67. The van der Waals surface area contributed by atoms with E-state index in [1.54, 1.807) is 0 Å². The number of hydrogen-bond donors (Lipinski definition) is 0. The van der Waals surface area contributed by atoms with E-state index in [2.05, 4.69) is 108 Å². The lowest BCUT2D eigenvalue weighted by Crippen LogP contribution is -2.73. The van der Waals surface area contributed by atoms with Gasteiger partial charge in [-0.05, 0) is 113 Å². The molecule has 7 fully saturated rings. The monoisotopic (exact) mass is 560 g/mol. The first kappa shape index (κ1) is 32.7. The van der Waals surface area contributed by atoms with Crippen LogP contribution in [0.5, 0.6) is 0 Å². The van der Waals surface area contributed by atoms with Crippen LogP contribution in [0, 0.1) is 23.2 Å². The van der Waals surface area contributed by atoms with Gasteiger partial charge in [0, 0.05) is 99.6 Å².